The average Bonchev–Trinajstić information content (AvgIpc) is 2.53. The first-order chi connectivity index (χ1) is 11.1. The Labute approximate surface area is 201 Å². The van der Waals surface area contributed by atoms with Crippen LogP contribution in [-0.4, -0.2) is 6.71 Å². The predicted molar refractivity (Wildman–Crippen MR) is 101 cm³/mol. The molecule has 27 heavy (non-hydrogen) atoms. The van der Waals surface area contributed by atoms with E-state index >= 15 is 0 Å². The van der Waals surface area contributed by atoms with Gasteiger partial charge in [0.2, 0.25) is 6.71 Å². The largest absolute Gasteiger partial charge is 3.00 e. The maximum absolute atomic E-state index is 2.36. The first-order valence-corrected chi connectivity index (χ1v) is 8.66. The van der Waals surface area contributed by atoms with Gasteiger partial charge in [0.15, 0.2) is 0 Å². The quantitative estimate of drug-likeness (QED) is 0.348. The monoisotopic (exact) mass is 493 g/mol. The van der Waals surface area contributed by atoms with Gasteiger partial charge in [-0.3, -0.25) is 0 Å². The number of halogens is 3. The van der Waals surface area contributed by atoms with Gasteiger partial charge >= 0.3 is 26.2 Å². The SMILES string of the molecule is Cc1cc(C)c(B2c3ccccc3CC3=CC=CCC23)c(C)c1.[Cl-].[Cl-].[Cl-].[Zr+3]. The van der Waals surface area contributed by atoms with Crippen LogP contribution < -0.4 is 48.1 Å². The fraction of sp³-hybridized carbons (Fsp3) is 0.273. The smallest absolute Gasteiger partial charge is 1.00 e. The molecule has 1 unspecified atom stereocenters. The minimum Gasteiger partial charge on any atom is -1.00 e. The Morgan fingerprint density at radius 3 is 2.22 bits per heavy atom. The third-order valence-corrected chi connectivity index (χ3v) is 5.55. The van der Waals surface area contributed by atoms with Gasteiger partial charge in [-0.1, -0.05) is 87.8 Å². The second-order valence-electron chi connectivity index (χ2n) is 7.18. The molecule has 0 N–H and O–H groups in total. The molecule has 2 aromatic carbocycles. The number of rotatable bonds is 1. The van der Waals surface area contributed by atoms with Crippen molar-refractivity contribution < 1.29 is 63.4 Å². The molecule has 0 saturated heterocycles. The zero-order valence-electron chi connectivity index (χ0n) is 15.9. The van der Waals surface area contributed by atoms with E-state index in [-0.39, 0.29) is 63.4 Å². The van der Waals surface area contributed by atoms with Crippen molar-refractivity contribution in [1.82, 2.24) is 0 Å². The molecular weight excluding hydrogens is 473 g/mol. The molecule has 139 valence electrons. The standard InChI is InChI=1S/C22H23B.3ClH.Zr/c1-15-12-16(2)22(17(3)13-15)23-20-10-6-4-8-18(20)14-19-9-5-7-11-21(19)23;;;;/h4-10,12-13,21H,11,14H2,1-3H3;3*1H;/q;;;;+3/p-3. The summed E-state index contributed by atoms with van der Waals surface area (Å²) in [6, 6.07) is 13.8. The first kappa shape index (κ1) is 26.7. The van der Waals surface area contributed by atoms with Crippen molar-refractivity contribution in [2.75, 3.05) is 0 Å². The number of benzene rings is 2. The molecule has 1 radical (unpaired) electrons. The van der Waals surface area contributed by atoms with Crippen molar-refractivity contribution in [3.63, 3.8) is 0 Å². The van der Waals surface area contributed by atoms with Crippen LogP contribution in [0.2, 0.25) is 5.82 Å². The van der Waals surface area contributed by atoms with Gasteiger partial charge in [0.1, 0.15) is 0 Å². The van der Waals surface area contributed by atoms with Gasteiger partial charge in [-0.15, -0.1) is 0 Å². The fourth-order valence-electron chi connectivity index (χ4n) is 4.71. The molecule has 0 saturated carbocycles. The molecule has 0 amide bonds. The van der Waals surface area contributed by atoms with Gasteiger partial charge in [0.05, 0.1) is 0 Å². The van der Waals surface area contributed by atoms with Crippen LogP contribution in [0.1, 0.15) is 28.7 Å². The van der Waals surface area contributed by atoms with E-state index in [0.717, 1.165) is 12.8 Å². The van der Waals surface area contributed by atoms with Crippen LogP contribution in [0.25, 0.3) is 0 Å². The Hall–Kier alpha value is -0.262. The summed E-state index contributed by atoms with van der Waals surface area (Å²) in [5, 5.41) is 0. The minimum atomic E-state index is 0. The van der Waals surface area contributed by atoms with Crippen molar-refractivity contribution in [2.45, 2.75) is 39.4 Å². The molecule has 1 aliphatic carbocycles. The summed E-state index contributed by atoms with van der Waals surface area (Å²) >= 11 is 0. The molecule has 4 rings (SSSR count). The molecule has 1 heterocycles. The van der Waals surface area contributed by atoms with E-state index in [2.05, 4.69) is 75.4 Å². The van der Waals surface area contributed by atoms with Crippen LogP contribution in [0.4, 0.5) is 0 Å². The summed E-state index contributed by atoms with van der Waals surface area (Å²) < 4.78 is 0. The molecule has 0 fully saturated rings. The predicted octanol–water partition coefficient (Wildman–Crippen LogP) is -4.96. The number of hydrogen-bond donors (Lipinski definition) is 0. The normalized spacial score (nSPS) is 16.3. The van der Waals surface area contributed by atoms with Crippen LogP contribution in [0.15, 0.2) is 60.2 Å². The third-order valence-electron chi connectivity index (χ3n) is 5.55. The Bertz CT molecular complexity index is 822. The number of fused-ring (bicyclic) bond motifs is 2. The third kappa shape index (κ3) is 5.02. The van der Waals surface area contributed by atoms with Gasteiger partial charge < -0.3 is 37.2 Å². The zero-order valence-corrected chi connectivity index (χ0v) is 20.6. The maximum atomic E-state index is 2.36. The van der Waals surface area contributed by atoms with E-state index in [4.69, 9.17) is 0 Å². The van der Waals surface area contributed by atoms with Gasteiger partial charge in [-0.05, 0) is 45.0 Å². The van der Waals surface area contributed by atoms with Gasteiger partial charge in [0, 0.05) is 0 Å². The van der Waals surface area contributed by atoms with E-state index in [1.54, 1.807) is 16.5 Å². The molecular formula is C22H23BCl3Zr. The Morgan fingerprint density at radius 2 is 1.56 bits per heavy atom. The number of hydrogen-bond acceptors (Lipinski definition) is 0. The van der Waals surface area contributed by atoms with E-state index in [9.17, 15) is 0 Å². The molecule has 0 nitrogen and oxygen atoms in total. The van der Waals surface area contributed by atoms with Crippen molar-refractivity contribution in [2.24, 2.45) is 0 Å². The molecule has 5 heteroatoms. The van der Waals surface area contributed by atoms with Gasteiger partial charge in [0.25, 0.3) is 0 Å². The summed E-state index contributed by atoms with van der Waals surface area (Å²) in [5.74, 6) is 0.620. The van der Waals surface area contributed by atoms with Gasteiger partial charge in [-0.2, -0.15) is 0 Å². The van der Waals surface area contributed by atoms with Crippen LogP contribution in [0.5, 0.6) is 0 Å². The van der Waals surface area contributed by atoms with Crippen molar-refractivity contribution in [1.29, 1.82) is 0 Å². The maximum Gasteiger partial charge on any atom is 3.00 e. The molecule has 0 bridgehead atoms. The van der Waals surface area contributed by atoms with Crippen LogP contribution in [0.3, 0.4) is 0 Å². The topological polar surface area (TPSA) is 0 Å². The second-order valence-corrected chi connectivity index (χ2v) is 7.18. The van der Waals surface area contributed by atoms with Crippen molar-refractivity contribution in [3.8, 4) is 0 Å². The zero-order chi connectivity index (χ0) is 16.0. The van der Waals surface area contributed by atoms with E-state index in [1.807, 2.05) is 0 Å². The molecule has 2 aliphatic rings. The van der Waals surface area contributed by atoms with Crippen molar-refractivity contribution >= 4 is 17.6 Å². The van der Waals surface area contributed by atoms with Crippen LogP contribution in [0, 0.1) is 20.8 Å². The van der Waals surface area contributed by atoms with E-state index < -0.39 is 0 Å². The van der Waals surface area contributed by atoms with E-state index in [0.29, 0.717) is 12.5 Å². The number of aryl methyl sites for hydroxylation is 3. The first-order valence-electron chi connectivity index (χ1n) is 8.66. The van der Waals surface area contributed by atoms with Crippen LogP contribution >= 0.6 is 0 Å². The molecule has 1 atom stereocenters. The summed E-state index contributed by atoms with van der Waals surface area (Å²) in [6.07, 6.45) is 9.22. The Balaban J connectivity index is 0.00000169. The summed E-state index contributed by atoms with van der Waals surface area (Å²) in [6.45, 7) is 7.27. The minimum absolute atomic E-state index is 0. The Kier molecular flexibility index (Phi) is 11.0. The van der Waals surface area contributed by atoms with Crippen LogP contribution in [-0.2, 0) is 32.6 Å². The molecule has 1 aliphatic heterocycles. The van der Waals surface area contributed by atoms with E-state index in [1.165, 1.54) is 22.3 Å². The fourth-order valence-corrected chi connectivity index (χ4v) is 4.71. The van der Waals surface area contributed by atoms with Crippen molar-refractivity contribution in [3.05, 3.63) is 82.5 Å². The summed E-state index contributed by atoms with van der Waals surface area (Å²) in [7, 11) is 0. The summed E-state index contributed by atoms with van der Waals surface area (Å²) in [4.78, 5) is 0. The molecule has 0 spiro atoms. The summed E-state index contributed by atoms with van der Waals surface area (Å²) in [5.41, 5.74) is 10.5. The average molecular weight is 496 g/mol. The number of allylic oxidation sites excluding steroid dienone is 4. The Morgan fingerprint density at radius 1 is 0.926 bits per heavy atom. The molecule has 0 aromatic heterocycles. The molecule has 2 aromatic rings. The second kappa shape index (κ2) is 11.1. The van der Waals surface area contributed by atoms with Gasteiger partial charge in [-0.25, -0.2) is 0 Å².